The van der Waals surface area contributed by atoms with Gasteiger partial charge in [-0.15, -0.1) is 0 Å². The summed E-state index contributed by atoms with van der Waals surface area (Å²) in [4.78, 5) is 36.9. The van der Waals surface area contributed by atoms with E-state index in [1.807, 2.05) is 0 Å². The lowest BCUT2D eigenvalue weighted by Crippen LogP contribution is -2.55. The number of carbonyl (C=O) groups is 3. The predicted molar refractivity (Wildman–Crippen MR) is 236 cm³/mol. The quantitative estimate of drug-likeness (QED) is 0.0262. The molecule has 57 heavy (non-hydrogen) atoms. The number of ether oxygens (including phenoxy) is 3. The number of quaternary nitrogens is 1. The summed E-state index contributed by atoms with van der Waals surface area (Å²) in [6.07, 6.45) is 44.8. The fourth-order valence-electron chi connectivity index (χ4n) is 7.12. The Bertz CT molecular complexity index is 989. The third kappa shape index (κ3) is 39.1. The van der Waals surface area contributed by atoms with Gasteiger partial charge < -0.3 is 28.6 Å². The van der Waals surface area contributed by atoms with E-state index in [0.29, 0.717) is 12.8 Å². The molecule has 0 saturated heterocycles. The highest BCUT2D eigenvalue weighted by Crippen LogP contribution is 2.16. The van der Waals surface area contributed by atoms with Crippen molar-refractivity contribution >= 4 is 17.9 Å². The highest BCUT2D eigenvalue weighted by Gasteiger charge is 2.25. The van der Waals surface area contributed by atoms with Crippen molar-refractivity contribution in [3.05, 3.63) is 24.3 Å². The molecule has 0 saturated carbocycles. The van der Waals surface area contributed by atoms with E-state index in [9.17, 15) is 19.5 Å². The standard InChI is InChI=1S/C49H91NO7/c1-6-8-10-12-14-16-18-20-22-23-24-25-26-28-30-32-34-36-38-40-48(52)57-45(43-55-42-41-46(49(53)54)50(3,4)5)44-56-47(51)39-37-35-33-31-29-27-21-19-17-15-13-11-9-7-2/h14,16,18,20,45-46H,6-13,15,17,19,21-44H2,1-5H3/b16-14+,20-18+. The molecule has 0 rings (SSSR count). The van der Waals surface area contributed by atoms with Crippen molar-refractivity contribution in [2.45, 2.75) is 231 Å². The van der Waals surface area contributed by atoms with Crippen LogP contribution in [0.3, 0.4) is 0 Å². The Kier molecular flexibility index (Phi) is 39.0. The van der Waals surface area contributed by atoms with Crippen molar-refractivity contribution in [2.75, 3.05) is 41.0 Å². The molecule has 334 valence electrons. The second-order valence-corrected chi connectivity index (χ2v) is 17.4. The smallest absolute Gasteiger partial charge is 0.306 e. The van der Waals surface area contributed by atoms with Crippen LogP contribution in [0.1, 0.15) is 219 Å². The fourth-order valence-corrected chi connectivity index (χ4v) is 7.12. The summed E-state index contributed by atoms with van der Waals surface area (Å²) < 4.78 is 17.2. The maximum absolute atomic E-state index is 12.7. The van der Waals surface area contributed by atoms with Crippen molar-refractivity contribution in [3.8, 4) is 0 Å². The lowest BCUT2D eigenvalue weighted by Gasteiger charge is -2.34. The number of unbranched alkanes of at least 4 members (excludes halogenated alkanes) is 26. The molecule has 0 bridgehead atoms. The number of esters is 2. The van der Waals surface area contributed by atoms with Crippen LogP contribution in [0.25, 0.3) is 0 Å². The van der Waals surface area contributed by atoms with Gasteiger partial charge >= 0.3 is 11.9 Å². The molecule has 8 heteroatoms. The van der Waals surface area contributed by atoms with Crippen LogP contribution in [0.2, 0.25) is 0 Å². The van der Waals surface area contributed by atoms with E-state index in [4.69, 9.17) is 14.2 Å². The molecule has 0 fully saturated rings. The minimum absolute atomic E-state index is 0.0437. The van der Waals surface area contributed by atoms with Gasteiger partial charge in [0.25, 0.3) is 0 Å². The Balaban J connectivity index is 4.27. The van der Waals surface area contributed by atoms with E-state index in [2.05, 4.69) is 38.2 Å². The van der Waals surface area contributed by atoms with Crippen molar-refractivity contribution in [1.29, 1.82) is 0 Å². The van der Waals surface area contributed by atoms with E-state index in [-0.39, 0.29) is 42.7 Å². The third-order valence-electron chi connectivity index (χ3n) is 10.9. The number of carboxylic acids is 1. The van der Waals surface area contributed by atoms with Crippen molar-refractivity contribution in [2.24, 2.45) is 0 Å². The summed E-state index contributed by atoms with van der Waals surface area (Å²) in [5, 5.41) is 11.6. The zero-order valence-corrected chi connectivity index (χ0v) is 38.0. The monoisotopic (exact) mass is 806 g/mol. The van der Waals surface area contributed by atoms with Crippen molar-refractivity contribution < 1.29 is 38.2 Å². The molecule has 0 aromatic carbocycles. The Morgan fingerprint density at radius 3 is 1.35 bits per heavy atom. The second kappa shape index (κ2) is 40.6. The second-order valence-electron chi connectivity index (χ2n) is 17.4. The van der Waals surface area contributed by atoms with Crippen LogP contribution in [-0.2, 0) is 28.6 Å². The normalized spacial score (nSPS) is 13.1. The Labute approximate surface area is 351 Å². The van der Waals surface area contributed by atoms with Gasteiger partial charge in [-0.2, -0.15) is 0 Å². The van der Waals surface area contributed by atoms with Gasteiger partial charge in [-0.1, -0.05) is 186 Å². The number of allylic oxidation sites excluding steroid dienone is 4. The first-order valence-corrected chi connectivity index (χ1v) is 23.9. The van der Waals surface area contributed by atoms with Crippen LogP contribution in [0, 0.1) is 0 Å². The molecule has 8 nitrogen and oxygen atoms in total. The highest BCUT2D eigenvalue weighted by atomic mass is 16.6. The lowest BCUT2D eigenvalue weighted by molar-refractivity contribution is -0.889. The first kappa shape index (κ1) is 54.8. The molecule has 0 spiro atoms. The van der Waals surface area contributed by atoms with Gasteiger partial charge in [0.15, 0.2) is 6.10 Å². The predicted octanol–water partition coefficient (Wildman–Crippen LogP) is 11.9. The SMILES string of the molecule is CCCCC/C=C/C=C/CCCCCCCCCCCCC(=O)OC(COCCC(C(=O)[O-])[N+](C)(C)C)COC(=O)CCCCCCCCCCCCCCCC. The summed E-state index contributed by atoms with van der Waals surface area (Å²) in [6, 6.07) is -0.723. The van der Waals surface area contributed by atoms with Crippen LogP contribution in [-0.4, -0.2) is 75.5 Å². The van der Waals surface area contributed by atoms with Crippen LogP contribution in [0.4, 0.5) is 0 Å². The Hall–Kier alpha value is -2.19. The maximum Gasteiger partial charge on any atom is 0.306 e. The average Bonchev–Trinajstić information content (AvgIpc) is 3.17. The summed E-state index contributed by atoms with van der Waals surface area (Å²) in [6.45, 7) is 4.66. The number of carbonyl (C=O) groups excluding carboxylic acids is 3. The maximum atomic E-state index is 12.7. The number of hydrogen-bond acceptors (Lipinski definition) is 7. The van der Waals surface area contributed by atoms with Gasteiger partial charge in [0.05, 0.1) is 40.3 Å². The number of aliphatic carboxylic acids is 1. The molecule has 0 aliphatic carbocycles. The third-order valence-corrected chi connectivity index (χ3v) is 10.9. The van der Waals surface area contributed by atoms with Crippen LogP contribution in [0.5, 0.6) is 0 Å². The number of rotatable bonds is 43. The first-order valence-electron chi connectivity index (χ1n) is 23.9. The molecule has 2 unspecified atom stereocenters. The van der Waals surface area contributed by atoms with Gasteiger partial charge in [-0.25, -0.2) is 0 Å². The fraction of sp³-hybridized carbons (Fsp3) is 0.857. The van der Waals surface area contributed by atoms with E-state index in [1.54, 1.807) is 21.1 Å². The molecule has 0 N–H and O–H groups in total. The largest absolute Gasteiger partial charge is 0.544 e. The Morgan fingerprint density at radius 1 is 0.526 bits per heavy atom. The van der Waals surface area contributed by atoms with Crippen LogP contribution >= 0.6 is 0 Å². The Morgan fingerprint density at radius 2 is 0.912 bits per heavy atom. The molecule has 0 amide bonds. The van der Waals surface area contributed by atoms with Crippen LogP contribution in [0.15, 0.2) is 24.3 Å². The van der Waals surface area contributed by atoms with Crippen molar-refractivity contribution in [1.82, 2.24) is 0 Å². The van der Waals surface area contributed by atoms with Gasteiger partial charge in [-0.05, 0) is 38.5 Å². The number of nitrogens with zero attached hydrogens (tertiary/aromatic N) is 1. The molecule has 0 heterocycles. The minimum atomic E-state index is -1.12. The molecule has 0 radical (unpaired) electrons. The number of hydrogen-bond donors (Lipinski definition) is 0. The molecule has 2 atom stereocenters. The van der Waals surface area contributed by atoms with E-state index < -0.39 is 18.1 Å². The summed E-state index contributed by atoms with van der Waals surface area (Å²) >= 11 is 0. The van der Waals surface area contributed by atoms with E-state index >= 15 is 0 Å². The summed E-state index contributed by atoms with van der Waals surface area (Å²) in [5.41, 5.74) is 0. The summed E-state index contributed by atoms with van der Waals surface area (Å²) in [5.74, 6) is -1.73. The number of likely N-dealkylation sites (N-methyl/N-ethyl adjacent to an activating group) is 1. The molecule has 0 aliphatic rings. The lowest BCUT2D eigenvalue weighted by atomic mass is 10.0. The molecular formula is C49H91NO7. The molecule has 0 aromatic heterocycles. The zero-order valence-electron chi connectivity index (χ0n) is 38.0. The van der Waals surface area contributed by atoms with E-state index in [0.717, 1.165) is 38.5 Å². The zero-order chi connectivity index (χ0) is 42.1. The minimum Gasteiger partial charge on any atom is -0.544 e. The summed E-state index contributed by atoms with van der Waals surface area (Å²) in [7, 11) is 5.42. The number of carboxylic acid groups (broad SMARTS) is 1. The van der Waals surface area contributed by atoms with Crippen LogP contribution < -0.4 is 5.11 Å². The van der Waals surface area contributed by atoms with Crippen molar-refractivity contribution in [3.63, 3.8) is 0 Å². The topological polar surface area (TPSA) is 102 Å². The molecule has 0 aromatic rings. The van der Waals surface area contributed by atoms with E-state index in [1.165, 1.54) is 148 Å². The first-order chi connectivity index (χ1) is 27.6. The average molecular weight is 806 g/mol. The van der Waals surface area contributed by atoms with Gasteiger partial charge in [0.1, 0.15) is 12.6 Å². The highest BCUT2D eigenvalue weighted by molar-refractivity contribution is 5.70. The van der Waals surface area contributed by atoms with Gasteiger partial charge in [-0.3, -0.25) is 9.59 Å². The molecular weight excluding hydrogens is 715 g/mol. The van der Waals surface area contributed by atoms with Gasteiger partial charge in [0, 0.05) is 19.3 Å². The molecule has 0 aliphatic heterocycles. The van der Waals surface area contributed by atoms with Gasteiger partial charge in [0.2, 0.25) is 0 Å².